The zero-order valence-electron chi connectivity index (χ0n) is 16.2. The second-order valence-corrected chi connectivity index (χ2v) is 8.31. The number of rotatable bonds is 7. The number of nitrogens with zero attached hydrogens (tertiary/aromatic N) is 2. The molecule has 0 fully saturated rings. The summed E-state index contributed by atoms with van der Waals surface area (Å²) in [5, 5.41) is 14.0. The number of hydrogen-bond acceptors (Lipinski definition) is 7. The summed E-state index contributed by atoms with van der Waals surface area (Å²) in [5.41, 5.74) is 3.38. The first-order valence-electron chi connectivity index (χ1n) is 8.74. The summed E-state index contributed by atoms with van der Waals surface area (Å²) in [6.07, 6.45) is 0. The fourth-order valence-corrected chi connectivity index (χ4v) is 4.06. The van der Waals surface area contributed by atoms with Crippen LogP contribution in [0.4, 0.5) is 10.8 Å². The first-order valence-corrected chi connectivity index (χ1v) is 10.5. The van der Waals surface area contributed by atoms with Crippen molar-refractivity contribution in [3.05, 3.63) is 59.2 Å². The topological polar surface area (TPSA) is 93.2 Å². The number of methoxy groups -OCH3 is 1. The van der Waals surface area contributed by atoms with E-state index in [0.717, 1.165) is 16.8 Å². The van der Waals surface area contributed by atoms with Gasteiger partial charge >= 0.3 is 0 Å². The molecule has 0 aliphatic heterocycles. The number of hydrogen-bond donors (Lipinski definition) is 2. The molecule has 1 heterocycles. The third-order valence-electron chi connectivity index (χ3n) is 4.18. The Hall–Kier alpha value is -2.91. The highest BCUT2D eigenvalue weighted by molar-refractivity contribution is 8.01. The highest BCUT2D eigenvalue weighted by atomic mass is 32.2. The summed E-state index contributed by atoms with van der Waals surface area (Å²) in [6, 6.07) is 12.7. The fourth-order valence-electron chi connectivity index (χ4n) is 2.52. The van der Waals surface area contributed by atoms with Crippen LogP contribution in [0, 0.1) is 13.8 Å². The number of ether oxygens (including phenoxy) is 1. The minimum atomic E-state index is -0.331. The van der Waals surface area contributed by atoms with Crippen molar-refractivity contribution < 1.29 is 14.3 Å². The van der Waals surface area contributed by atoms with Crippen molar-refractivity contribution in [1.82, 2.24) is 10.2 Å². The lowest BCUT2D eigenvalue weighted by molar-refractivity contribution is -0.113. The van der Waals surface area contributed by atoms with Gasteiger partial charge in [0.25, 0.3) is 5.91 Å². The van der Waals surface area contributed by atoms with Crippen LogP contribution in [0.2, 0.25) is 0 Å². The number of thioether (sulfide) groups is 1. The minimum absolute atomic E-state index is 0.126. The van der Waals surface area contributed by atoms with Crippen LogP contribution in [0.25, 0.3) is 0 Å². The van der Waals surface area contributed by atoms with Gasteiger partial charge in [-0.15, -0.1) is 10.2 Å². The van der Waals surface area contributed by atoms with Gasteiger partial charge < -0.3 is 10.1 Å². The van der Waals surface area contributed by atoms with Gasteiger partial charge in [0, 0.05) is 5.69 Å². The van der Waals surface area contributed by atoms with Crippen LogP contribution in [0.1, 0.15) is 21.5 Å². The number of para-hydroxylation sites is 1. The van der Waals surface area contributed by atoms with E-state index in [0.29, 0.717) is 20.8 Å². The smallest absolute Gasteiger partial charge is 0.261 e. The molecule has 1 aromatic heterocycles. The fraction of sp³-hybridized carbons (Fsp3) is 0.200. The van der Waals surface area contributed by atoms with E-state index < -0.39 is 0 Å². The number of benzene rings is 2. The molecule has 150 valence electrons. The Morgan fingerprint density at radius 3 is 2.66 bits per heavy atom. The lowest BCUT2D eigenvalue weighted by Gasteiger charge is -2.09. The lowest BCUT2D eigenvalue weighted by Crippen LogP contribution is -2.15. The van der Waals surface area contributed by atoms with E-state index >= 15 is 0 Å². The van der Waals surface area contributed by atoms with E-state index in [1.165, 1.54) is 30.2 Å². The summed E-state index contributed by atoms with van der Waals surface area (Å²) in [5.74, 6) is 0.219. The second-order valence-electron chi connectivity index (χ2n) is 6.11. The van der Waals surface area contributed by atoms with Gasteiger partial charge in [-0.25, -0.2) is 0 Å². The number of aryl methyl sites for hydroxylation is 1. The predicted molar refractivity (Wildman–Crippen MR) is 116 cm³/mol. The Labute approximate surface area is 176 Å². The molecule has 2 N–H and O–H groups in total. The maximum atomic E-state index is 12.4. The number of amides is 2. The Kier molecular flexibility index (Phi) is 6.84. The van der Waals surface area contributed by atoms with E-state index in [1.807, 2.05) is 32.0 Å². The SMILES string of the molecule is COc1ccccc1C(=O)Nc1nnc(SCC(=O)Nc2cccc(C)c2C)s1. The molecule has 0 radical (unpaired) electrons. The number of anilines is 2. The monoisotopic (exact) mass is 428 g/mol. The largest absolute Gasteiger partial charge is 0.496 e. The molecule has 9 heteroatoms. The van der Waals surface area contributed by atoms with Crippen LogP contribution >= 0.6 is 23.1 Å². The first kappa shape index (κ1) is 20.8. The summed E-state index contributed by atoms with van der Waals surface area (Å²) in [4.78, 5) is 24.6. The lowest BCUT2D eigenvalue weighted by atomic mass is 10.1. The van der Waals surface area contributed by atoms with Gasteiger partial charge in [-0.05, 0) is 43.2 Å². The number of carbonyl (C=O) groups excluding carboxylic acids is 2. The zero-order chi connectivity index (χ0) is 20.8. The van der Waals surface area contributed by atoms with Gasteiger partial charge in [-0.2, -0.15) is 0 Å². The molecular weight excluding hydrogens is 408 g/mol. The maximum absolute atomic E-state index is 12.4. The van der Waals surface area contributed by atoms with Crippen molar-refractivity contribution in [2.75, 3.05) is 23.5 Å². The van der Waals surface area contributed by atoms with Gasteiger partial charge in [-0.1, -0.05) is 47.4 Å². The minimum Gasteiger partial charge on any atom is -0.496 e. The van der Waals surface area contributed by atoms with Crippen molar-refractivity contribution >= 4 is 45.7 Å². The molecule has 0 aliphatic rings. The molecule has 0 unspecified atom stereocenters. The molecule has 0 bridgehead atoms. The van der Waals surface area contributed by atoms with Crippen LogP contribution in [-0.4, -0.2) is 34.9 Å². The van der Waals surface area contributed by atoms with Gasteiger partial charge in [0.05, 0.1) is 18.4 Å². The van der Waals surface area contributed by atoms with Crippen molar-refractivity contribution in [3.63, 3.8) is 0 Å². The first-order chi connectivity index (χ1) is 14.0. The van der Waals surface area contributed by atoms with Gasteiger partial charge in [0.2, 0.25) is 11.0 Å². The molecule has 29 heavy (non-hydrogen) atoms. The van der Waals surface area contributed by atoms with Gasteiger partial charge in [0.1, 0.15) is 5.75 Å². The van der Waals surface area contributed by atoms with Crippen LogP contribution in [0.3, 0.4) is 0 Å². The average Bonchev–Trinajstić information content (AvgIpc) is 3.17. The summed E-state index contributed by atoms with van der Waals surface area (Å²) in [6.45, 7) is 3.97. The highest BCUT2D eigenvalue weighted by Gasteiger charge is 2.15. The Morgan fingerprint density at radius 2 is 1.86 bits per heavy atom. The normalized spacial score (nSPS) is 10.4. The Balaban J connectivity index is 1.55. The third-order valence-corrected chi connectivity index (χ3v) is 6.16. The highest BCUT2D eigenvalue weighted by Crippen LogP contribution is 2.27. The number of carbonyl (C=O) groups is 2. The Bertz CT molecular complexity index is 1040. The molecule has 3 aromatic rings. The molecule has 0 saturated carbocycles. The molecule has 0 aliphatic carbocycles. The molecule has 2 amide bonds. The molecule has 2 aromatic carbocycles. The van der Waals surface area contributed by atoms with Crippen molar-refractivity contribution in [2.24, 2.45) is 0 Å². The Morgan fingerprint density at radius 1 is 1.07 bits per heavy atom. The molecule has 3 rings (SSSR count). The molecule has 0 spiro atoms. The van der Waals surface area contributed by atoms with E-state index in [4.69, 9.17) is 4.74 Å². The summed E-state index contributed by atoms with van der Waals surface area (Å²) < 4.78 is 5.79. The average molecular weight is 429 g/mol. The van der Waals surface area contributed by atoms with E-state index in [2.05, 4.69) is 20.8 Å². The third kappa shape index (κ3) is 5.33. The van der Waals surface area contributed by atoms with Crippen LogP contribution in [0.15, 0.2) is 46.8 Å². The van der Waals surface area contributed by atoms with Gasteiger partial charge in [-0.3, -0.25) is 14.9 Å². The maximum Gasteiger partial charge on any atom is 0.261 e. The molecule has 0 atom stereocenters. The number of aromatic nitrogens is 2. The zero-order valence-corrected chi connectivity index (χ0v) is 17.8. The van der Waals surface area contributed by atoms with Gasteiger partial charge in [0.15, 0.2) is 4.34 Å². The summed E-state index contributed by atoms with van der Waals surface area (Å²) >= 11 is 2.48. The standard InChI is InChI=1S/C20H20N4O3S2/c1-12-7-6-9-15(13(12)2)21-17(25)11-28-20-24-23-19(29-20)22-18(26)14-8-4-5-10-16(14)27-3/h4-10H,11H2,1-3H3,(H,21,25)(H,22,23,26). The molecular formula is C20H20N4O3S2. The predicted octanol–water partition coefficient (Wildman–Crippen LogP) is 4.15. The molecule has 7 nitrogen and oxygen atoms in total. The van der Waals surface area contributed by atoms with Crippen LogP contribution in [-0.2, 0) is 4.79 Å². The summed E-state index contributed by atoms with van der Waals surface area (Å²) in [7, 11) is 1.51. The van der Waals surface area contributed by atoms with Crippen molar-refractivity contribution in [2.45, 2.75) is 18.2 Å². The van der Waals surface area contributed by atoms with E-state index in [1.54, 1.807) is 24.3 Å². The van der Waals surface area contributed by atoms with Crippen molar-refractivity contribution in [1.29, 1.82) is 0 Å². The van der Waals surface area contributed by atoms with Crippen LogP contribution < -0.4 is 15.4 Å². The molecule has 0 saturated heterocycles. The van der Waals surface area contributed by atoms with E-state index in [9.17, 15) is 9.59 Å². The number of nitrogens with one attached hydrogen (secondary N) is 2. The van der Waals surface area contributed by atoms with E-state index in [-0.39, 0.29) is 17.6 Å². The van der Waals surface area contributed by atoms with Crippen LogP contribution in [0.5, 0.6) is 5.75 Å². The van der Waals surface area contributed by atoms with Crippen molar-refractivity contribution in [3.8, 4) is 5.75 Å². The quantitative estimate of drug-likeness (QED) is 0.434. The second kappa shape index (κ2) is 9.53.